The fraction of sp³-hybridized carbons (Fsp3) is 0.625. The van der Waals surface area contributed by atoms with Crippen LogP contribution in [0.1, 0.15) is 49.3 Å². The summed E-state index contributed by atoms with van der Waals surface area (Å²) in [6, 6.07) is 6.09. The number of fused-ring (bicyclic) bond motifs is 1. The van der Waals surface area contributed by atoms with Crippen LogP contribution >= 0.6 is 0 Å². The van der Waals surface area contributed by atoms with Crippen LogP contribution < -0.4 is 0 Å². The number of hydrogen-bond donors (Lipinski definition) is 0. The van der Waals surface area contributed by atoms with Crippen LogP contribution in [0.5, 0.6) is 0 Å². The molecule has 18 heavy (non-hydrogen) atoms. The smallest absolute Gasteiger partial charge is 0.126 e. The molecule has 0 amide bonds. The second-order valence-electron chi connectivity index (χ2n) is 5.88. The molecule has 0 bridgehead atoms. The molecule has 0 N–H and O–H groups in total. The van der Waals surface area contributed by atoms with Gasteiger partial charge in [-0.05, 0) is 49.4 Å². The van der Waals surface area contributed by atoms with Gasteiger partial charge in [-0.25, -0.2) is 4.39 Å². The van der Waals surface area contributed by atoms with E-state index in [0.29, 0.717) is 6.04 Å². The summed E-state index contributed by atoms with van der Waals surface area (Å²) in [7, 11) is 2.20. The lowest BCUT2D eigenvalue weighted by Crippen LogP contribution is -2.37. The SMILES string of the molecule is CN1CCc2c(F)cccc2C1C1CCCCC1. The number of benzene rings is 1. The second-order valence-corrected chi connectivity index (χ2v) is 5.88. The Hall–Kier alpha value is -0.890. The first-order chi connectivity index (χ1) is 8.77. The van der Waals surface area contributed by atoms with E-state index < -0.39 is 0 Å². The average molecular weight is 247 g/mol. The maximum atomic E-state index is 13.9. The standard InChI is InChI=1S/C16H22FN/c1-18-11-10-13-14(8-5-9-15(13)17)16(18)12-6-3-2-4-7-12/h5,8-9,12,16H,2-4,6-7,10-11H2,1H3. The first-order valence-electron chi connectivity index (χ1n) is 7.25. The summed E-state index contributed by atoms with van der Waals surface area (Å²) in [6.07, 6.45) is 7.56. The largest absolute Gasteiger partial charge is 0.299 e. The molecule has 1 unspecified atom stereocenters. The minimum Gasteiger partial charge on any atom is -0.299 e. The van der Waals surface area contributed by atoms with Crippen LogP contribution in [0.2, 0.25) is 0 Å². The Kier molecular flexibility index (Phi) is 3.38. The molecule has 1 aromatic carbocycles. The molecule has 3 rings (SSSR count). The molecular weight excluding hydrogens is 225 g/mol. The van der Waals surface area contributed by atoms with Gasteiger partial charge in [-0.2, -0.15) is 0 Å². The van der Waals surface area contributed by atoms with E-state index in [-0.39, 0.29) is 5.82 Å². The number of hydrogen-bond acceptors (Lipinski definition) is 1. The third kappa shape index (κ3) is 2.07. The highest BCUT2D eigenvalue weighted by Crippen LogP contribution is 2.41. The van der Waals surface area contributed by atoms with E-state index in [1.807, 2.05) is 6.07 Å². The van der Waals surface area contributed by atoms with Crippen molar-refractivity contribution in [2.75, 3.05) is 13.6 Å². The maximum absolute atomic E-state index is 13.9. The molecule has 1 heterocycles. The summed E-state index contributed by atoms with van der Waals surface area (Å²) in [5, 5.41) is 0. The molecule has 98 valence electrons. The Morgan fingerprint density at radius 2 is 1.94 bits per heavy atom. The van der Waals surface area contributed by atoms with E-state index >= 15 is 0 Å². The third-order valence-corrected chi connectivity index (χ3v) is 4.76. The van der Waals surface area contributed by atoms with Crippen LogP contribution in [-0.4, -0.2) is 18.5 Å². The van der Waals surface area contributed by atoms with Crippen molar-refractivity contribution in [2.24, 2.45) is 5.92 Å². The van der Waals surface area contributed by atoms with Crippen molar-refractivity contribution in [2.45, 2.75) is 44.6 Å². The number of likely N-dealkylation sites (N-methyl/N-ethyl adjacent to an activating group) is 1. The molecule has 2 aliphatic rings. The van der Waals surface area contributed by atoms with Gasteiger partial charge in [0, 0.05) is 12.6 Å². The first-order valence-corrected chi connectivity index (χ1v) is 7.25. The summed E-state index contributed by atoms with van der Waals surface area (Å²) >= 11 is 0. The third-order valence-electron chi connectivity index (χ3n) is 4.76. The van der Waals surface area contributed by atoms with E-state index in [1.54, 1.807) is 6.07 Å². The van der Waals surface area contributed by atoms with Gasteiger partial charge in [0.2, 0.25) is 0 Å². The van der Waals surface area contributed by atoms with Crippen LogP contribution in [0.3, 0.4) is 0 Å². The van der Waals surface area contributed by atoms with Crippen molar-refractivity contribution in [3.63, 3.8) is 0 Å². The Morgan fingerprint density at radius 3 is 2.72 bits per heavy atom. The summed E-state index contributed by atoms with van der Waals surface area (Å²) in [4.78, 5) is 2.44. The summed E-state index contributed by atoms with van der Waals surface area (Å²) in [5.74, 6) is 0.728. The minimum absolute atomic E-state index is 0.00131. The van der Waals surface area contributed by atoms with Gasteiger partial charge < -0.3 is 0 Å². The zero-order valence-corrected chi connectivity index (χ0v) is 11.2. The number of nitrogens with zero attached hydrogens (tertiary/aromatic N) is 1. The van der Waals surface area contributed by atoms with Crippen molar-refractivity contribution >= 4 is 0 Å². The fourth-order valence-electron chi connectivity index (χ4n) is 3.84. The quantitative estimate of drug-likeness (QED) is 0.726. The minimum atomic E-state index is 0.00131. The molecule has 1 atom stereocenters. The average Bonchev–Trinajstić information content (AvgIpc) is 2.40. The highest BCUT2D eigenvalue weighted by Gasteiger charge is 2.33. The molecule has 0 aromatic heterocycles. The summed E-state index contributed by atoms with van der Waals surface area (Å²) in [5.41, 5.74) is 2.24. The van der Waals surface area contributed by atoms with Crippen LogP contribution in [0.4, 0.5) is 4.39 Å². The number of rotatable bonds is 1. The molecule has 2 heteroatoms. The second kappa shape index (κ2) is 5.00. The predicted octanol–water partition coefficient (Wildman–Crippen LogP) is 3.94. The Balaban J connectivity index is 1.96. The van der Waals surface area contributed by atoms with Crippen molar-refractivity contribution in [3.05, 3.63) is 35.1 Å². The molecule has 0 radical (unpaired) electrons. The van der Waals surface area contributed by atoms with Crippen LogP contribution in [-0.2, 0) is 6.42 Å². The topological polar surface area (TPSA) is 3.24 Å². The fourth-order valence-corrected chi connectivity index (χ4v) is 3.84. The van der Waals surface area contributed by atoms with Gasteiger partial charge in [0.05, 0.1) is 0 Å². The van der Waals surface area contributed by atoms with E-state index in [1.165, 1.54) is 37.7 Å². The lowest BCUT2D eigenvalue weighted by Gasteiger charge is -2.41. The number of halogens is 1. The molecule has 1 saturated carbocycles. The van der Waals surface area contributed by atoms with Crippen molar-refractivity contribution in [3.8, 4) is 0 Å². The van der Waals surface area contributed by atoms with Crippen molar-refractivity contribution < 1.29 is 4.39 Å². The molecule has 1 aliphatic heterocycles. The molecular formula is C16H22FN. The zero-order valence-electron chi connectivity index (χ0n) is 11.2. The van der Waals surface area contributed by atoms with Gasteiger partial charge in [0.25, 0.3) is 0 Å². The lowest BCUT2D eigenvalue weighted by molar-refractivity contribution is 0.133. The van der Waals surface area contributed by atoms with E-state index in [9.17, 15) is 4.39 Å². The monoisotopic (exact) mass is 247 g/mol. The molecule has 0 spiro atoms. The molecule has 1 nitrogen and oxygen atoms in total. The molecule has 0 saturated heterocycles. The van der Waals surface area contributed by atoms with E-state index in [2.05, 4.69) is 18.0 Å². The highest BCUT2D eigenvalue weighted by molar-refractivity contribution is 5.34. The summed E-state index contributed by atoms with van der Waals surface area (Å²) < 4.78 is 13.9. The van der Waals surface area contributed by atoms with E-state index in [4.69, 9.17) is 0 Å². The molecule has 1 aromatic rings. The van der Waals surface area contributed by atoms with Gasteiger partial charge in [-0.1, -0.05) is 31.4 Å². The van der Waals surface area contributed by atoms with Crippen LogP contribution in [0.25, 0.3) is 0 Å². The highest BCUT2D eigenvalue weighted by atomic mass is 19.1. The van der Waals surface area contributed by atoms with Crippen LogP contribution in [0.15, 0.2) is 18.2 Å². The Morgan fingerprint density at radius 1 is 1.17 bits per heavy atom. The van der Waals surface area contributed by atoms with Crippen LogP contribution in [0, 0.1) is 11.7 Å². The van der Waals surface area contributed by atoms with Gasteiger partial charge in [0.1, 0.15) is 5.82 Å². The maximum Gasteiger partial charge on any atom is 0.126 e. The van der Waals surface area contributed by atoms with Gasteiger partial charge in [-0.3, -0.25) is 4.90 Å². The van der Waals surface area contributed by atoms with E-state index in [0.717, 1.165) is 24.4 Å². The molecule has 1 aliphatic carbocycles. The van der Waals surface area contributed by atoms with Gasteiger partial charge >= 0.3 is 0 Å². The predicted molar refractivity (Wildman–Crippen MR) is 72.1 cm³/mol. The van der Waals surface area contributed by atoms with Gasteiger partial charge in [0.15, 0.2) is 0 Å². The normalized spacial score (nSPS) is 26.0. The summed E-state index contributed by atoms with van der Waals surface area (Å²) in [6.45, 7) is 0.995. The lowest BCUT2D eigenvalue weighted by atomic mass is 9.77. The zero-order chi connectivity index (χ0) is 12.5. The van der Waals surface area contributed by atoms with Crippen molar-refractivity contribution in [1.82, 2.24) is 4.90 Å². The Bertz CT molecular complexity index is 423. The first kappa shape index (κ1) is 12.2. The Labute approximate surface area is 109 Å². The van der Waals surface area contributed by atoms with Crippen molar-refractivity contribution in [1.29, 1.82) is 0 Å². The molecule has 1 fully saturated rings. The van der Waals surface area contributed by atoms with Gasteiger partial charge in [-0.15, -0.1) is 0 Å².